The Labute approximate surface area is 241 Å². The first-order valence-electron chi connectivity index (χ1n) is 14.6. The second-order valence-corrected chi connectivity index (χ2v) is 15.3. The minimum Gasteiger partial charge on any atom is -0.490 e. The van der Waals surface area contributed by atoms with Gasteiger partial charge in [-0.3, -0.25) is 9.52 Å². The second-order valence-electron chi connectivity index (χ2n) is 12.6. The summed E-state index contributed by atoms with van der Waals surface area (Å²) < 4.78 is 22.7. The Morgan fingerprint density at radius 2 is 2.05 bits per heavy atom. The number of fused-ring (bicyclic) bond motifs is 5. The molecule has 1 unspecified atom stereocenters. The molecular formula is C32H37ClN2O4S. The lowest BCUT2D eigenvalue weighted by atomic mass is 9.68. The van der Waals surface area contributed by atoms with Crippen LogP contribution in [0, 0.1) is 17.8 Å². The molecule has 8 heteroatoms. The van der Waals surface area contributed by atoms with Gasteiger partial charge in [-0.25, -0.2) is 4.21 Å². The molecule has 6 nitrogen and oxygen atoms in total. The Balaban J connectivity index is 1.29. The first kappa shape index (κ1) is 26.4. The van der Waals surface area contributed by atoms with Crippen molar-refractivity contribution >= 4 is 38.8 Å². The minimum absolute atomic E-state index is 0.136. The molecule has 2 heterocycles. The molecule has 3 aliphatic carbocycles. The van der Waals surface area contributed by atoms with Crippen molar-refractivity contribution in [2.75, 3.05) is 24.6 Å². The number of carbonyl (C=O) groups is 1. The Hall–Kier alpha value is -2.48. The summed E-state index contributed by atoms with van der Waals surface area (Å²) >= 11 is 6.39. The van der Waals surface area contributed by atoms with Gasteiger partial charge in [-0.05, 0) is 110 Å². The summed E-state index contributed by atoms with van der Waals surface area (Å²) in [5.41, 5.74) is 3.72. The molecule has 40 heavy (non-hydrogen) atoms. The Bertz CT molecular complexity index is 1490. The maximum atomic E-state index is 13.4. The lowest BCUT2D eigenvalue weighted by Gasteiger charge is -2.45. The number of hydrogen-bond donors (Lipinski definition) is 2. The van der Waals surface area contributed by atoms with E-state index in [-0.39, 0.29) is 28.4 Å². The summed E-state index contributed by atoms with van der Waals surface area (Å²) in [6.45, 7) is 2.08. The van der Waals surface area contributed by atoms with Gasteiger partial charge in [0, 0.05) is 34.3 Å². The third-order valence-corrected chi connectivity index (χ3v) is 12.4. The van der Waals surface area contributed by atoms with Gasteiger partial charge in [0.1, 0.15) is 5.75 Å². The molecule has 7 rings (SSSR count). The highest BCUT2D eigenvalue weighted by Crippen LogP contribution is 2.47. The van der Waals surface area contributed by atoms with E-state index >= 15 is 0 Å². The fourth-order valence-corrected chi connectivity index (χ4v) is 9.64. The van der Waals surface area contributed by atoms with E-state index in [9.17, 15) is 14.1 Å². The molecule has 2 aromatic carbocycles. The molecule has 7 atom stereocenters. The van der Waals surface area contributed by atoms with Crippen LogP contribution in [0.1, 0.15) is 60.0 Å². The molecule has 2 aliphatic heterocycles. The molecule has 2 aromatic rings. The average Bonchev–Trinajstić information content (AvgIpc) is 3.70. The lowest BCUT2D eigenvalue weighted by molar-refractivity contribution is 0.0456. The van der Waals surface area contributed by atoms with Gasteiger partial charge in [-0.15, -0.1) is 0 Å². The van der Waals surface area contributed by atoms with Gasteiger partial charge in [-0.1, -0.05) is 29.8 Å². The van der Waals surface area contributed by atoms with E-state index in [4.69, 9.17) is 16.3 Å². The van der Waals surface area contributed by atoms with E-state index < -0.39 is 15.8 Å². The summed E-state index contributed by atoms with van der Waals surface area (Å²) in [5.74, 6) is 5.09. The number of carbonyl (C=O) groups excluding carboxylic acids is 1. The quantitative estimate of drug-likeness (QED) is 0.342. The van der Waals surface area contributed by atoms with Crippen LogP contribution in [0.25, 0.3) is 0 Å². The van der Waals surface area contributed by atoms with Gasteiger partial charge < -0.3 is 14.7 Å². The smallest absolute Gasteiger partial charge is 0.262 e. The van der Waals surface area contributed by atoms with Crippen LogP contribution in [0.3, 0.4) is 0 Å². The van der Waals surface area contributed by atoms with Crippen molar-refractivity contribution in [3.8, 4) is 5.75 Å². The van der Waals surface area contributed by atoms with Crippen LogP contribution in [0.15, 0.2) is 48.6 Å². The number of halogens is 1. The van der Waals surface area contributed by atoms with Crippen molar-refractivity contribution in [1.82, 2.24) is 4.72 Å². The standard InChI is InChI=1S/C32H37ClN2O4S/c1-40(38)30-16-21(30)4-2-6-28(36)25-10-7-23(25)17-35-18-32(13-3-5-20-14-24(33)9-11-26(20)32)19-39-29-12-8-22(15-27(29)35)31(37)34-40/h2,6,8-9,11-12,14-15,21,23,25,28,30,36H,1,3-5,7,10,13,16-19H2,(H,34,37,38)/b6-2+/t21-,23-,25+,28-,30+,32-,40?/m0/s1. The molecule has 0 radical (unpaired) electrons. The second kappa shape index (κ2) is 9.81. The molecule has 2 N–H and O–H groups in total. The van der Waals surface area contributed by atoms with Gasteiger partial charge in [0.15, 0.2) is 0 Å². The largest absolute Gasteiger partial charge is 0.490 e. The molecule has 0 aromatic heterocycles. The summed E-state index contributed by atoms with van der Waals surface area (Å²) in [6, 6.07) is 11.8. The fraction of sp³-hybridized carbons (Fsp3) is 0.500. The Morgan fingerprint density at radius 3 is 2.88 bits per heavy atom. The molecule has 5 aliphatic rings. The van der Waals surface area contributed by atoms with Crippen molar-refractivity contribution in [2.24, 2.45) is 17.8 Å². The average molecular weight is 581 g/mol. The van der Waals surface area contributed by atoms with Gasteiger partial charge in [0.05, 0.1) is 28.1 Å². The minimum atomic E-state index is -2.79. The van der Waals surface area contributed by atoms with Crippen LogP contribution in [0.2, 0.25) is 5.02 Å². The highest BCUT2D eigenvalue weighted by atomic mass is 35.5. The van der Waals surface area contributed by atoms with Gasteiger partial charge in [0.25, 0.3) is 5.91 Å². The van der Waals surface area contributed by atoms with E-state index in [0.29, 0.717) is 18.1 Å². The first-order valence-corrected chi connectivity index (χ1v) is 16.7. The summed E-state index contributed by atoms with van der Waals surface area (Å²) in [4.78, 5) is 15.8. The molecular weight excluding hydrogens is 544 g/mol. The van der Waals surface area contributed by atoms with Gasteiger partial charge in [0.2, 0.25) is 0 Å². The summed E-state index contributed by atoms with van der Waals surface area (Å²) in [7, 11) is -2.79. The number of benzene rings is 2. The van der Waals surface area contributed by atoms with Crippen molar-refractivity contribution in [1.29, 1.82) is 0 Å². The number of allylic oxidation sites excluding steroid dienone is 1. The zero-order valence-electron chi connectivity index (χ0n) is 22.7. The summed E-state index contributed by atoms with van der Waals surface area (Å²) in [5, 5.41) is 11.7. The number of rotatable bonds is 0. The van der Waals surface area contributed by atoms with E-state index in [1.807, 2.05) is 30.4 Å². The molecule has 1 amide bonds. The Morgan fingerprint density at radius 1 is 1.18 bits per heavy atom. The predicted octanol–water partition coefficient (Wildman–Crippen LogP) is 4.91. The van der Waals surface area contributed by atoms with Crippen molar-refractivity contribution in [3.63, 3.8) is 0 Å². The molecule has 2 bridgehead atoms. The fourth-order valence-electron chi connectivity index (χ4n) is 7.57. The molecule has 1 spiro atoms. The SMILES string of the molecule is C=S1(=O)NC(=O)c2ccc3c(c2)N(C[C@@H]2CC[C@H]2[C@@H](O)/C=C/C[C@H]2C[C@H]21)C[C@@]1(CCCc2cc(Cl)ccc21)CO3. The summed E-state index contributed by atoms with van der Waals surface area (Å²) in [6.07, 6.45) is 10.1. The number of nitrogens with one attached hydrogen (secondary N) is 1. The lowest BCUT2D eigenvalue weighted by Crippen LogP contribution is -2.49. The normalized spacial score (nSPS) is 37.5. The van der Waals surface area contributed by atoms with E-state index in [0.717, 1.165) is 74.5 Å². The number of aryl methyl sites for hydroxylation is 1. The van der Waals surface area contributed by atoms with Crippen molar-refractivity contribution in [2.45, 2.75) is 61.7 Å². The third kappa shape index (κ3) is 4.64. The van der Waals surface area contributed by atoms with Crippen molar-refractivity contribution < 1.29 is 18.8 Å². The highest BCUT2D eigenvalue weighted by Gasteiger charge is 2.45. The third-order valence-electron chi connectivity index (χ3n) is 10.1. The maximum Gasteiger partial charge on any atom is 0.262 e. The topological polar surface area (TPSA) is 78.9 Å². The Kier molecular flexibility index (Phi) is 6.48. The first-order chi connectivity index (χ1) is 19.2. The zero-order valence-corrected chi connectivity index (χ0v) is 24.3. The predicted molar refractivity (Wildman–Crippen MR) is 161 cm³/mol. The highest BCUT2D eigenvalue weighted by molar-refractivity contribution is 7.99. The molecule has 0 saturated heterocycles. The van der Waals surface area contributed by atoms with Crippen molar-refractivity contribution in [3.05, 3.63) is 70.3 Å². The molecule has 2 fully saturated rings. The number of aliphatic hydroxyl groups excluding tert-OH is 1. The van der Waals surface area contributed by atoms with Gasteiger partial charge >= 0.3 is 0 Å². The zero-order chi connectivity index (χ0) is 27.6. The van der Waals surface area contributed by atoms with Crippen LogP contribution >= 0.6 is 11.6 Å². The number of aliphatic hydroxyl groups is 1. The maximum absolute atomic E-state index is 13.4. The number of hydrogen-bond acceptors (Lipinski definition) is 5. The van der Waals surface area contributed by atoms with E-state index in [1.54, 1.807) is 6.07 Å². The van der Waals surface area contributed by atoms with E-state index in [2.05, 4.69) is 27.6 Å². The monoisotopic (exact) mass is 580 g/mol. The number of amides is 1. The van der Waals surface area contributed by atoms with Crippen LogP contribution in [-0.2, 0) is 21.5 Å². The molecule has 2 saturated carbocycles. The van der Waals surface area contributed by atoms with Crippen LogP contribution < -0.4 is 14.4 Å². The van der Waals surface area contributed by atoms with Gasteiger partial charge in [-0.2, -0.15) is 0 Å². The number of nitrogens with zero attached hydrogens (tertiary/aromatic N) is 1. The number of anilines is 1. The van der Waals surface area contributed by atoms with Crippen LogP contribution in [0.5, 0.6) is 5.75 Å². The van der Waals surface area contributed by atoms with E-state index in [1.165, 1.54) is 11.1 Å². The number of ether oxygens (including phenoxy) is 1. The van der Waals surface area contributed by atoms with Crippen LogP contribution in [-0.4, -0.2) is 52.1 Å². The molecule has 212 valence electrons. The van der Waals surface area contributed by atoms with Crippen LogP contribution in [0.4, 0.5) is 5.69 Å².